The summed E-state index contributed by atoms with van der Waals surface area (Å²) < 4.78 is 90.6. The minimum absolute atomic E-state index is 0.0127. The van der Waals surface area contributed by atoms with E-state index in [-0.39, 0.29) is 36.8 Å². The van der Waals surface area contributed by atoms with Gasteiger partial charge in [-0.3, -0.25) is 9.59 Å². The summed E-state index contributed by atoms with van der Waals surface area (Å²) in [5.41, 5.74) is -2.98. The summed E-state index contributed by atoms with van der Waals surface area (Å²) in [7, 11) is 1.90. The van der Waals surface area contributed by atoms with Gasteiger partial charge in [-0.05, 0) is 26.0 Å². The molecule has 15 heteroatoms. The van der Waals surface area contributed by atoms with Crippen LogP contribution in [0.3, 0.4) is 0 Å². The number of pyridine rings is 1. The third-order valence-corrected chi connectivity index (χ3v) is 8.28. The normalized spacial score (nSPS) is 20.8. The molecule has 0 spiro atoms. The number of ether oxygens (including phenoxy) is 1. The number of likely N-dealkylation sites (N-methyl/N-ethyl adjacent to an activating group) is 1. The van der Waals surface area contributed by atoms with Gasteiger partial charge in [0.1, 0.15) is 17.6 Å². The molecule has 1 aromatic heterocycles. The van der Waals surface area contributed by atoms with Crippen molar-refractivity contribution >= 4 is 28.9 Å². The Morgan fingerprint density at radius 3 is 2.48 bits per heavy atom. The Kier molecular flexibility index (Phi) is 8.69. The molecule has 2 amide bonds. The molecule has 2 aromatic rings. The fourth-order valence-corrected chi connectivity index (χ4v) is 5.55. The summed E-state index contributed by atoms with van der Waals surface area (Å²) in [4.78, 5) is 44.4. The van der Waals surface area contributed by atoms with E-state index >= 15 is 8.78 Å². The average Bonchev–Trinajstić information content (AvgIpc) is 2.95. The number of carbonyl (C=O) groups is 2. The number of alkyl halides is 4. The van der Waals surface area contributed by atoms with Crippen molar-refractivity contribution in [2.24, 2.45) is 0 Å². The van der Waals surface area contributed by atoms with Crippen LogP contribution in [0.2, 0.25) is 0 Å². The Bertz CT molecular complexity index is 1540. The molecule has 3 aliphatic rings. The van der Waals surface area contributed by atoms with Gasteiger partial charge in [-0.15, -0.1) is 0 Å². The van der Waals surface area contributed by atoms with Crippen LogP contribution in [0, 0.1) is 11.6 Å². The van der Waals surface area contributed by atoms with Crippen molar-refractivity contribution in [3.8, 4) is 0 Å². The van der Waals surface area contributed by atoms with Gasteiger partial charge in [-0.2, -0.15) is 0 Å². The zero-order valence-electron chi connectivity index (χ0n) is 23.9. The number of amides is 2. The number of nitrogens with zero attached hydrogens (tertiary/aromatic N) is 3. The first kappa shape index (κ1) is 31.4. The van der Waals surface area contributed by atoms with Gasteiger partial charge in [-0.25, -0.2) is 31.1 Å². The zero-order valence-corrected chi connectivity index (χ0v) is 23.9. The second-order valence-electron chi connectivity index (χ2n) is 11.3. The molecule has 1 saturated carbocycles. The number of piperazine rings is 1. The van der Waals surface area contributed by atoms with E-state index in [1.807, 2.05) is 18.9 Å². The fraction of sp³-hybridized carbons (Fsp3) is 0.483. The van der Waals surface area contributed by atoms with Crippen LogP contribution in [-0.2, 0) is 4.74 Å². The summed E-state index contributed by atoms with van der Waals surface area (Å²) in [6.45, 7) is 3.05. The number of rotatable bonds is 6. The van der Waals surface area contributed by atoms with Crippen molar-refractivity contribution in [2.75, 3.05) is 50.0 Å². The van der Waals surface area contributed by atoms with Gasteiger partial charge < -0.3 is 29.7 Å². The van der Waals surface area contributed by atoms with E-state index < -0.39 is 82.9 Å². The maximum absolute atomic E-state index is 16.3. The number of nitrogens with one attached hydrogen (secondary N) is 2. The lowest BCUT2D eigenvalue weighted by Gasteiger charge is -2.40. The molecule has 1 unspecified atom stereocenters. The molecule has 1 saturated heterocycles. The van der Waals surface area contributed by atoms with Gasteiger partial charge in [-0.1, -0.05) is 6.08 Å². The molecule has 2 fully saturated rings. The smallest absolute Gasteiger partial charge is 0.410 e. The van der Waals surface area contributed by atoms with E-state index in [2.05, 4.69) is 10.3 Å². The molecule has 238 valence electrons. The van der Waals surface area contributed by atoms with E-state index in [1.54, 1.807) is 4.90 Å². The highest BCUT2D eigenvalue weighted by molar-refractivity contribution is 6.07. The third-order valence-electron chi connectivity index (χ3n) is 8.28. The molecule has 5 rings (SSSR count). The number of anilines is 2. The van der Waals surface area contributed by atoms with E-state index in [0.29, 0.717) is 25.7 Å². The van der Waals surface area contributed by atoms with Crippen LogP contribution in [0.15, 0.2) is 29.2 Å². The first-order valence-corrected chi connectivity index (χ1v) is 14.1. The monoisotopic (exact) mass is 627 g/mol. The lowest BCUT2D eigenvalue weighted by Crippen LogP contribution is -2.50. The molecule has 2 aliphatic heterocycles. The maximum Gasteiger partial charge on any atom is 0.410 e. The van der Waals surface area contributed by atoms with E-state index in [0.717, 1.165) is 12.3 Å². The number of halogens is 6. The van der Waals surface area contributed by atoms with Crippen LogP contribution in [0.5, 0.6) is 0 Å². The largest absolute Gasteiger partial charge is 0.446 e. The number of H-pyrrole nitrogens is 1. The molecular formula is C29H31F6N5O4. The molecule has 3 heterocycles. The Hall–Kier alpha value is -4.01. The first-order valence-electron chi connectivity index (χ1n) is 14.1. The van der Waals surface area contributed by atoms with Crippen molar-refractivity contribution in [3.05, 3.63) is 63.1 Å². The predicted octanol–water partition coefficient (Wildman–Crippen LogP) is 5.01. The van der Waals surface area contributed by atoms with Crippen molar-refractivity contribution in [1.29, 1.82) is 0 Å². The third kappa shape index (κ3) is 6.42. The van der Waals surface area contributed by atoms with Crippen LogP contribution >= 0.6 is 0 Å². The molecule has 1 atom stereocenters. The number of hydrogen-bond acceptors (Lipinski definition) is 6. The summed E-state index contributed by atoms with van der Waals surface area (Å²) in [6.07, 6.45) is -3.82. The van der Waals surface area contributed by atoms with Crippen LogP contribution < -0.4 is 15.8 Å². The van der Waals surface area contributed by atoms with Crippen LogP contribution in [0.25, 0.3) is 5.57 Å². The highest BCUT2D eigenvalue weighted by atomic mass is 19.3. The molecule has 2 N–H and O–H groups in total. The lowest BCUT2D eigenvalue weighted by molar-refractivity contribution is -0.147. The van der Waals surface area contributed by atoms with Gasteiger partial charge >= 0.3 is 6.09 Å². The summed E-state index contributed by atoms with van der Waals surface area (Å²) in [5, 5.41) is 2.34. The SMILES string of the molecule is CC1CN(c2cc(F)c(C3=CCN(C(=O)OC4CC(F)(F)C4)CC3)c(F)c2NC(=O)c2c[nH]c(=O)cc2C(F)F)CCN1C. The predicted molar refractivity (Wildman–Crippen MR) is 149 cm³/mol. The molecule has 0 bridgehead atoms. The van der Waals surface area contributed by atoms with Gasteiger partial charge in [0.05, 0.1) is 16.8 Å². The van der Waals surface area contributed by atoms with Crippen molar-refractivity contribution in [1.82, 2.24) is 14.8 Å². The molecule has 1 aromatic carbocycles. The van der Waals surface area contributed by atoms with E-state index in [4.69, 9.17) is 4.74 Å². The molecule has 44 heavy (non-hydrogen) atoms. The van der Waals surface area contributed by atoms with Crippen molar-refractivity contribution < 1.29 is 40.7 Å². The van der Waals surface area contributed by atoms with Gasteiger partial charge in [0, 0.05) is 75.5 Å². The van der Waals surface area contributed by atoms with Gasteiger partial charge in [0.2, 0.25) is 5.56 Å². The number of aromatic nitrogens is 1. The molecule has 1 aliphatic carbocycles. The van der Waals surface area contributed by atoms with Crippen LogP contribution in [-0.4, -0.2) is 84.6 Å². The molecule has 9 nitrogen and oxygen atoms in total. The Morgan fingerprint density at radius 1 is 1.14 bits per heavy atom. The Labute approximate surface area is 248 Å². The zero-order chi connectivity index (χ0) is 31.9. The topological polar surface area (TPSA) is 98.0 Å². The average molecular weight is 628 g/mol. The molecular weight excluding hydrogens is 596 g/mol. The minimum Gasteiger partial charge on any atom is -0.446 e. The van der Waals surface area contributed by atoms with Crippen molar-refractivity contribution in [3.63, 3.8) is 0 Å². The highest BCUT2D eigenvalue weighted by Gasteiger charge is 2.48. The number of aromatic amines is 1. The van der Waals surface area contributed by atoms with Gasteiger partial charge in [0.25, 0.3) is 18.3 Å². The number of hydrogen-bond donors (Lipinski definition) is 2. The number of benzene rings is 1. The van der Waals surface area contributed by atoms with Gasteiger partial charge in [0.15, 0.2) is 5.82 Å². The quantitative estimate of drug-likeness (QED) is 0.438. The molecule has 0 radical (unpaired) electrons. The highest BCUT2D eigenvalue weighted by Crippen LogP contribution is 2.41. The van der Waals surface area contributed by atoms with Crippen molar-refractivity contribution in [2.45, 2.75) is 50.7 Å². The number of carbonyl (C=O) groups excluding carboxylic acids is 2. The second-order valence-corrected chi connectivity index (χ2v) is 11.3. The van der Waals surface area contributed by atoms with Crippen LogP contribution in [0.4, 0.5) is 42.5 Å². The summed E-state index contributed by atoms with van der Waals surface area (Å²) in [5.74, 6) is -6.07. The van der Waals surface area contributed by atoms with Crippen LogP contribution in [0.1, 0.15) is 54.1 Å². The fourth-order valence-electron chi connectivity index (χ4n) is 5.55. The minimum atomic E-state index is -3.17. The standard InChI is InChI=1S/C29H31F6N5O4/c1-15-14-40(8-7-38(15)2)21-10-20(30)23(16-3-5-39(6-4-16)28(43)44-17-11-29(34,35)12-17)24(31)25(21)37-27(42)19-13-36-22(41)9-18(19)26(32)33/h3,9-10,13,15,17,26H,4-8,11-12,14H2,1-2H3,(H,36,41)(H,37,42). The van der Waals surface area contributed by atoms with E-state index in [1.165, 1.54) is 11.0 Å². The summed E-state index contributed by atoms with van der Waals surface area (Å²) >= 11 is 0. The summed E-state index contributed by atoms with van der Waals surface area (Å²) in [6, 6.07) is 1.64. The maximum atomic E-state index is 16.3. The Balaban J connectivity index is 1.46. The Morgan fingerprint density at radius 2 is 1.86 bits per heavy atom. The lowest BCUT2D eigenvalue weighted by atomic mass is 9.91. The second kappa shape index (κ2) is 12.2. The van der Waals surface area contributed by atoms with E-state index in [9.17, 15) is 31.9 Å². The first-order chi connectivity index (χ1) is 20.7.